The molecule has 3 heterocycles. The van der Waals surface area contributed by atoms with Crippen molar-refractivity contribution < 1.29 is 23.1 Å². The quantitative estimate of drug-likeness (QED) is 0.873. The summed E-state index contributed by atoms with van der Waals surface area (Å²) < 4.78 is 33.2. The van der Waals surface area contributed by atoms with Crippen molar-refractivity contribution in [1.82, 2.24) is 8.61 Å². The molecule has 2 aliphatic heterocycles. The normalized spacial score (nSPS) is 21.5. The van der Waals surface area contributed by atoms with E-state index < -0.39 is 21.8 Å². The van der Waals surface area contributed by atoms with Crippen LogP contribution in [0.5, 0.6) is 0 Å². The Hall–Kier alpha value is -1.00. The molecule has 1 saturated heterocycles. The second-order valence-electron chi connectivity index (χ2n) is 6.03. The Bertz CT molecular complexity index is 718. The average Bonchev–Trinajstić information content (AvgIpc) is 2.94. The van der Waals surface area contributed by atoms with Gasteiger partial charge in [0, 0.05) is 38.5 Å². The zero-order valence-electron chi connectivity index (χ0n) is 13.1. The molecule has 1 aromatic heterocycles. The van der Waals surface area contributed by atoms with Crippen molar-refractivity contribution in [2.45, 2.75) is 24.9 Å². The fraction of sp³-hybridized carbons (Fsp3) is 0.643. The van der Waals surface area contributed by atoms with Crippen LogP contribution in [0.3, 0.4) is 0 Å². The standard InChI is InChI=1S/C14H20N2O5S2/c1-15(2)23(19,20)16-6-4-14(5-7-16)10-9-12(13(17)18)22-11(10)3-8-21-14/h9H,3-8H2,1-2H3,(H,17,18). The van der Waals surface area contributed by atoms with Crippen molar-refractivity contribution >= 4 is 27.5 Å². The van der Waals surface area contributed by atoms with E-state index in [1.807, 2.05) is 0 Å². The van der Waals surface area contributed by atoms with Crippen LogP contribution in [0.1, 0.15) is 33.0 Å². The van der Waals surface area contributed by atoms with E-state index in [0.717, 1.165) is 16.9 Å². The zero-order valence-corrected chi connectivity index (χ0v) is 14.7. The highest BCUT2D eigenvalue weighted by Gasteiger charge is 2.44. The lowest BCUT2D eigenvalue weighted by Gasteiger charge is -2.43. The van der Waals surface area contributed by atoms with Crippen LogP contribution in [0.15, 0.2) is 6.07 Å². The minimum absolute atomic E-state index is 0.322. The van der Waals surface area contributed by atoms with Crippen molar-refractivity contribution in [3.8, 4) is 0 Å². The first-order chi connectivity index (χ1) is 10.8. The van der Waals surface area contributed by atoms with E-state index in [2.05, 4.69) is 0 Å². The molecule has 1 spiro atoms. The second-order valence-corrected chi connectivity index (χ2v) is 9.31. The summed E-state index contributed by atoms with van der Waals surface area (Å²) >= 11 is 1.30. The Labute approximate surface area is 139 Å². The van der Waals surface area contributed by atoms with Gasteiger partial charge in [-0.2, -0.15) is 17.0 Å². The summed E-state index contributed by atoms with van der Waals surface area (Å²) in [5, 5.41) is 9.21. The summed E-state index contributed by atoms with van der Waals surface area (Å²) in [6.45, 7) is 1.30. The highest BCUT2D eigenvalue weighted by molar-refractivity contribution is 7.86. The van der Waals surface area contributed by atoms with Crippen LogP contribution in [-0.2, 0) is 27.0 Å². The third kappa shape index (κ3) is 2.80. The average molecular weight is 360 g/mol. The van der Waals surface area contributed by atoms with E-state index in [4.69, 9.17) is 4.74 Å². The Morgan fingerprint density at radius 1 is 1.39 bits per heavy atom. The molecule has 0 radical (unpaired) electrons. The topological polar surface area (TPSA) is 87.2 Å². The second kappa shape index (κ2) is 5.82. The van der Waals surface area contributed by atoms with Crippen LogP contribution in [0.25, 0.3) is 0 Å². The van der Waals surface area contributed by atoms with Crippen molar-refractivity contribution in [3.05, 3.63) is 21.4 Å². The van der Waals surface area contributed by atoms with Gasteiger partial charge in [0.15, 0.2) is 0 Å². The third-order valence-electron chi connectivity index (χ3n) is 4.54. The minimum Gasteiger partial charge on any atom is -0.477 e. The molecule has 128 valence electrons. The number of thiophene rings is 1. The third-order valence-corrected chi connectivity index (χ3v) is 7.66. The van der Waals surface area contributed by atoms with E-state index in [0.29, 0.717) is 37.4 Å². The van der Waals surface area contributed by atoms with E-state index >= 15 is 0 Å². The SMILES string of the molecule is CN(C)S(=O)(=O)N1CCC2(CC1)OCCc1sc(C(=O)O)cc12. The van der Waals surface area contributed by atoms with E-state index in [9.17, 15) is 18.3 Å². The summed E-state index contributed by atoms with van der Waals surface area (Å²) in [4.78, 5) is 12.6. The molecule has 2 aliphatic rings. The van der Waals surface area contributed by atoms with Crippen LogP contribution < -0.4 is 0 Å². The Morgan fingerprint density at radius 2 is 2.04 bits per heavy atom. The number of nitrogens with zero attached hydrogens (tertiary/aromatic N) is 2. The highest BCUT2D eigenvalue weighted by Crippen LogP contribution is 2.45. The summed E-state index contributed by atoms with van der Waals surface area (Å²) in [5.41, 5.74) is 0.392. The van der Waals surface area contributed by atoms with Gasteiger partial charge >= 0.3 is 5.97 Å². The van der Waals surface area contributed by atoms with Gasteiger partial charge in [0.1, 0.15) is 4.88 Å². The van der Waals surface area contributed by atoms with Gasteiger partial charge in [0.2, 0.25) is 0 Å². The molecule has 7 nitrogen and oxygen atoms in total. The molecule has 0 saturated carbocycles. The molecule has 0 aromatic carbocycles. The van der Waals surface area contributed by atoms with Gasteiger partial charge in [-0.1, -0.05) is 0 Å². The number of hydrogen-bond acceptors (Lipinski definition) is 5. The first-order valence-electron chi connectivity index (χ1n) is 7.44. The smallest absolute Gasteiger partial charge is 0.345 e. The number of rotatable bonds is 3. The number of carboxylic acids is 1. The van der Waals surface area contributed by atoms with E-state index in [-0.39, 0.29) is 0 Å². The van der Waals surface area contributed by atoms with Crippen LogP contribution in [0.4, 0.5) is 0 Å². The number of aromatic carboxylic acids is 1. The molecule has 3 rings (SSSR count). The van der Waals surface area contributed by atoms with Crippen LogP contribution >= 0.6 is 11.3 Å². The van der Waals surface area contributed by atoms with Crippen LogP contribution in [-0.4, -0.2) is 61.9 Å². The fourth-order valence-electron chi connectivity index (χ4n) is 3.25. The lowest BCUT2D eigenvalue weighted by molar-refractivity contribution is -0.0886. The number of carboxylic acid groups (broad SMARTS) is 1. The maximum Gasteiger partial charge on any atom is 0.345 e. The molecule has 1 fully saturated rings. The number of carbonyl (C=O) groups is 1. The minimum atomic E-state index is -3.42. The summed E-state index contributed by atoms with van der Waals surface area (Å²) in [7, 11) is -0.380. The molecule has 1 N–H and O–H groups in total. The van der Waals surface area contributed by atoms with Crippen molar-refractivity contribution in [1.29, 1.82) is 0 Å². The van der Waals surface area contributed by atoms with Crippen molar-refractivity contribution in [2.24, 2.45) is 0 Å². The molecule has 9 heteroatoms. The van der Waals surface area contributed by atoms with Gasteiger partial charge < -0.3 is 9.84 Å². The Balaban J connectivity index is 1.86. The molecular weight excluding hydrogens is 340 g/mol. The van der Waals surface area contributed by atoms with Gasteiger partial charge in [0.25, 0.3) is 10.2 Å². The summed E-state index contributed by atoms with van der Waals surface area (Å²) in [6, 6.07) is 1.71. The zero-order chi connectivity index (χ0) is 16.8. The van der Waals surface area contributed by atoms with Crippen LogP contribution in [0.2, 0.25) is 0 Å². The molecule has 23 heavy (non-hydrogen) atoms. The van der Waals surface area contributed by atoms with Gasteiger partial charge in [-0.05, 0) is 24.5 Å². The lowest BCUT2D eigenvalue weighted by atomic mass is 9.83. The Kier molecular flexibility index (Phi) is 4.26. The van der Waals surface area contributed by atoms with Crippen molar-refractivity contribution in [2.75, 3.05) is 33.8 Å². The van der Waals surface area contributed by atoms with Gasteiger partial charge in [0.05, 0.1) is 12.2 Å². The van der Waals surface area contributed by atoms with Gasteiger partial charge in [-0.15, -0.1) is 11.3 Å². The predicted molar refractivity (Wildman–Crippen MR) is 86.0 cm³/mol. The monoisotopic (exact) mass is 360 g/mol. The molecular formula is C14H20N2O5S2. The first kappa shape index (κ1) is 16.8. The van der Waals surface area contributed by atoms with Gasteiger partial charge in [-0.25, -0.2) is 4.79 Å². The maximum atomic E-state index is 12.2. The molecule has 1 aromatic rings. The lowest BCUT2D eigenvalue weighted by Crippen LogP contribution is -2.50. The maximum absolute atomic E-state index is 12.2. The van der Waals surface area contributed by atoms with E-state index in [1.54, 1.807) is 6.07 Å². The van der Waals surface area contributed by atoms with Crippen molar-refractivity contribution in [3.63, 3.8) is 0 Å². The largest absolute Gasteiger partial charge is 0.477 e. The number of hydrogen-bond donors (Lipinski definition) is 1. The number of piperidine rings is 1. The number of fused-ring (bicyclic) bond motifs is 2. The molecule has 0 atom stereocenters. The molecule has 0 amide bonds. The van der Waals surface area contributed by atoms with Crippen LogP contribution in [0, 0.1) is 0 Å². The highest BCUT2D eigenvalue weighted by atomic mass is 32.2. The molecule has 0 aliphatic carbocycles. The molecule has 0 unspecified atom stereocenters. The molecule has 0 bridgehead atoms. The fourth-order valence-corrected chi connectivity index (χ4v) is 5.42. The summed E-state index contributed by atoms with van der Waals surface area (Å²) in [5.74, 6) is -0.924. The Morgan fingerprint density at radius 3 is 2.61 bits per heavy atom. The van der Waals surface area contributed by atoms with Gasteiger partial charge in [-0.3, -0.25) is 0 Å². The van der Waals surface area contributed by atoms with E-state index in [1.165, 1.54) is 34.0 Å². The predicted octanol–water partition coefficient (Wildman–Crippen LogP) is 1.12. The number of ether oxygens (including phenoxy) is 1. The first-order valence-corrected chi connectivity index (χ1v) is 9.66. The summed E-state index contributed by atoms with van der Waals surface area (Å²) in [6.07, 6.45) is 1.81.